The second-order valence-electron chi connectivity index (χ2n) is 6.38. The topological polar surface area (TPSA) is 58.1 Å². The van der Waals surface area contributed by atoms with Crippen LogP contribution in [-0.2, 0) is 6.54 Å². The first-order valence-electron chi connectivity index (χ1n) is 8.95. The molecular weight excluding hydrogens is 340 g/mol. The molecule has 6 nitrogen and oxygen atoms in total. The highest BCUT2D eigenvalue weighted by Gasteiger charge is 2.18. The molecule has 2 aromatic rings. The summed E-state index contributed by atoms with van der Waals surface area (Å²) in [5.74, 6) is 2.48. The summed E-state index contributed by atoms with van der Waals surface area (Å²) in [4.78, 5) is 6.49. The summed E-state index contributed by atoms with van der Waals surface area (Å²) in [6.07, 6.45) is 0. The van der Waals surface area contributed by atoms with Crippen LogP contribution >= 0.6 is 0 Å². The number of likely N-dealkylation sites (N-methyl/N-ethyl adjacent to an activating group) is 1. The average Bonchev–Trinajstić information content (AvgIpc) is 2.70. The second kappa shape index (κ2) is 10.4. The second-order valence-corrected chi connectivity index (χ2v) is 6.38. The van der Waals surface area contributed by atoms with E-state index in [2.05, 4.69) is 46.8 Å². The van der Waals surface area contributed by atoms with E-state index in [0.717, 1.165) is 28.6 Å². The van der Waals surface area contributed by atoms with Crippen molar-refractivity contribution in [3.63, 3.8) is 0 Å². The predicted molar refractivity (Wildman–Crippen MR) is 111 cm³/mol. The Labute approximate surface area is 162 Å². The Morgan fingerprint density at radius 1 is 1.04 bits per heavy atom. The average molecular weight is 370 g/mol. The fourth-order valence-corrected chi connectivity index (χ4v) is 2.89. The van der Waals surface area contributed by atoms with Crippen molar-refractivity contribution < 1.29 is 9.47 Å². The number of hydrogen-bond donors (Lipinski definition) is 2. The van der Waals surface area contributed by atoms with Crippen LogP contribution in [0.15, 0.2) is 53.5 Å². The highest BCUT2D eigenvalue weighted by atomic mass is 16.5. The van der Waals surface area contributed by atoms with Crippen LogP contribution in [0.4, 0.5) is 0 Å². The van der Waals surface area contributed by atoms with Crippen LogP contribution in [-0.4, -0.2) is 52.8 Å². The molecule has 1 unspecified atom stereocenters. The molecule has 0 bridgehead atoms. The summed E-state index contributed by atoms with van der Waals surface area (Å²) in [5.41, 5.74) is 2.27. The molecule has 0 amide bonds. The number of hydrogen-bond acceptors (Lipinski definition) is 4. The molecule has 0 aliphatic heterocycles. The molecule has 0 heterocycles. The smallest absolute Gasteiger partial charge is 0.191 e. The van der Waals surface area contributed by atoms with E-state index in [-0.39, 0.29) is 6.04 Å². The van der Waals surface area contributed by atoms with Gasteiger partial charge in [0.25, 0.3) is 0 Å². The summed E-state index contributed by atoms with van der Waals surface area (Å²) >= 11 is 0. The number of para-hydroxylation sites is 1. The van der Waals surface area contributed by atoms with Gasteiger partial charge in [0.1, 0.15) is 11.5 Å². The van der Waals surface area contributed by atoms with Crippen molar-refractivity contribution in [3.8, 4) is 11.5 Å². The molecule has 0 spiro atoms. The van der Waals surface area contributed by atoms with E-state index < -0.39 is 0 Å². The quantitative estimate of drug-likeness (QED) is 0.553. The lowest BCUT2D eigenvalue weighted by molar-refractivity contribution is 0.287. The summed E-state index contributed by atoms with van der Waals surface area (Å²) in [6, 6.07) is 16.2. The molecule has 0 saturated carbocycles. The third kappa shape index (κ3) is 5.89. The van der Waals surface area contributed by atoms with Gasteiger partial charge in [0, 0.05) is 25.7 Å². The van der Waals surface area contributed by atoms with Crippen LogP contribution in [0.5, 0.6) is 11.5 Å². The molecule has 1 atom stereocenters. The maximum absolute atomic E-state index is 5.52. The molecule has 0 radical (unpaired) electrons. The lowest BCUT2D eigenvalue weighted by Gasteiger charge is -2.27. The van der Waals surface area contributed by atoms with Gasteiger partial charge in [0.15, 0.2) is 5.96 Å². The number of methoxy groups -OCH3 is 2. The Bertz CT molecular complexity index is 746. The zero-order valence-electron chi connectivity index (χ0n) is 16.8. The highest BCUT2D eigenvalue weighted by Crippen LogP contribution is 2.27. The number of nitrogens with zero attached hydrogens (tertiary/aromatic N) is 2. The Morgan fingerprint density at radius 2 is 1.81 bits per heavy atom. The summed E-state index contributed by atoms with van der Waals surface area (Å²) < 4.78 is 10.8. The van der Waals surface area contributed by atoms with Crippen molar-refractivity contribution in [2.75, 3.05) is 41.9 Å². The standard InChI is InChI=1S/C21H30N4O2/c1-22-21(23-14-16-9-8-10-17(13-16)26-4)24-15-19(25(2)3)18-11-6-7-12-20(18)27-5/h6-13,19H,14-15H2,1-5H3,(H2,22,23,24). The van der Waals surface area contributed by atoms with E-state index in [0.29, 0.717) is 13.1 Å². The lowest BCUT2D eigenvalue weighted by atomic mass is 10.0. The van der Waals surface area contributed by atoms with Gasteiger partial charge in [-0.2, -0.15) is 0 Å². The van der Waals surface area contributed by atoms with Crippen LogP contribution in [0.25, 0.3) is 0 Å². The number of aliphatic imine (C=N–C) groups is 1. The molecule has 0 fully saturated rings. The van der Waals surface area contributed by atoms with Gasteiger partial charge in [-0.1, -0.05) is 30.3 Å². The van der Waals surface area contributed by atoms with Crippen molar-refractivity contribution in [1.29, 1.82) is 0 Å². The van der Waals surface area contributed by atoms with E-state index in [9.17, 15) is 0 Å². The number of benzene rings is 2. The first kappa shape index (κ1) is 20.6. The van der Waals surface area contributed by atoms with Crippen molar-refractivity contribution >= 4 is 5.96 Å². The normalized spacial score (nSPS) is 12.6. The first-order chi connectivity index (χ1) is 13.1. The van der Waals surface area contributed by atoms with Crippen molar-refractivity contribution in [2.24, 2.45) is 4.99 Å². The van der Waals surface area contributed by atoms with Crippen molar-refractivity contribution in [3.05, 3.63) is 59.7 Å². The van der Waals surface area contributed by atoms with Crippen LogP contribution in [0.3, 0.4) is 0 Å². The van der Waals surface area contributed by atoms with Gasteiger partial charge >= 0.3 is 0 Å². The third-order valence-corrected chi connectivity index (χ3v) is 4.40. The van der Waals surface area contributed by atoms with E-state index in [4.69, 9.17) is 9.47 Å². The Kier molecular flexibility index (Phi) is 7.95. The summed E-state index contributed by atoms with van der Waals surface area (Å²) in [6.45, 7) is 1.36. The zero-order valence-corrected chi connectivity index (χ0v) is 16.8. The molecule has 0 aliphatic carbocycles. The molecule has 2 N–H and O–H groups in total. The number of rotatable bonds is 8. The van der Waals surface area contributed by atoms with Crippen LogP contribution < -0.4 is 20.1 Å². The van der Waals surface area contributed by atoms with Gasteiger partial charge < -0.3 is 25.0 Å². The van der Waals surface area contributed by atoms with Gasteiger partial charge in [0.2, 0.25) is 0 Å². The Balaban J connectivity index is 2.00. The van der Waals surface area contributed by atoms with Gasteiger partial charge in [-0.3, -0.25) is 4.99 Å². The van der Waals surface area contributed by atoms with Crippen LogP contribution in [0.2, 0.25) is 0 Å². The van der Waals surface area contributed by atoms with Gasteiger partial charge in [0.05, 0.1) is 20.3 Å². The van der Waals surface area contributed by atoms with Gasteiger partial charge in [-0.15, -0.1) is 0 Å². The fourth-order valence-electron chi connectivity index (χ4n) is 2.89. The van der Waals surface area contributed by atoms with Gasteiger partial charge in [-0.25, -0.2) is 0 Å². The lowest BCUT2D eigenvalue weighted by Crippen LogP contribution is -2.41. The molecule has 0 aromatic heterocycles. The molecule has 2 rings (SSSR count). The minimum absolute atomic E-state index is 0.150. The number of guanidine groups is 1. The molecular formula is C21H30N4O2. The number of ether oxygens (including phenoxy) is 2. The predicted octanol–water partition coefficient (Wildman–Crippen LogP) is 2.67. The molecule has 6 heteroatoms. The van der Waals surface area contributed by atoms with Crippen molar-refractivity contribution in [2.45, 2.75) is 12.6 Å². The van der Waals surface area contributed by atoms with Crippen LogP contribution in [0, 0.1) is 0 Å². The summed E-state index contributed by atoms with van der Waals surface area (Å²) in [7, 11) is 9.27. The van der Waals surface area contributed by atoms with E-state index in [1.54, 1.807) is 21.3 Å². The molecule has 146 valence electrons. The monoisotopic (exact) mass is 370 g/mol. The first-order valence-corrected chi connectivity index (χ1v) is 8.95. The molecule has 27 heavy (non-hydrogen) atoms. The SMILES string of the molecule is CN=C(NCc1cccc(OC)c1)NCC(c1ccccc1OC)N(C)C. The minimum atomic E-state index is 0.150. The maximum atomic E-state index is 5.52. The fraction of sp³-hybridized carbons (Fsp3) is 0.381. The Morgan fingerprint density at radius 3 is 2.48 bits per heavy atom. The Hall–Kier alpha value is -2.73. The van der Waals surface area contributed by atoms with E-state index in [1.165, 1.54) is 0 Å². The molecule has 0 saturated heterocycles. The highest BCUT2D eigenvalue weighted by molar-refractivity contribution is 5.79. The molecule has 2 aromatic carbocycles. The van der Waals surface area contributed by atoms with E-state index in [1.807, 2.05) is 36.4 Å². The third-order valence-electron chi connectivity index (χ3n) is 4.40. The van der Waals surface area contributed by atoms with Crippen molar-refractivity contribution in [1.82, 2.24) is 15.5 Å². The molecule has 0 aliphatic rings. The zero-order chi connectivity index (χ0) is 19.6. The summed E-state index contributed by atoms with van der Waals surface area (Å²) in [5, 5.41) is 6.75. The largest absolute Gasteiger partial charge is 0.497 e. The minimum Gasteiger partial charge on any atom is -0.497 e. The van der Waals surface area contributed by atoms with Gasteiger partial charge in [-0.05, 0) is 37.9 Å². The number of nitrogens with one attached hydrogen (secondary N) is 2. The maximum Gasteiger partial charge on any atom is 0.191 e. The van der Waals surface area contributed by atoms with Crippen LogP contribution in [0.1, 0.15) is 17.2 Å². The van der Waals surface area contributed by atoms with E-state index >= 15 is 0 Å².